The van der Waals surface area contributed by atoms with Crippen molar-refractivity contribution in [3.05, 3.63) is 45.8 Å². The number of nitrogens with one attached hydrogen (secondary N) is 1. The van der Waals surface area contributed by atoms with Gasteiger partial charge in [-0.2, -0.15) is 0 Å². The molecule has 1 N–H and O–H groups in total. The lowest BCUT2D eigenvalue weighted by atomic mass is 9.88. The molecule has 0 saturated carbocycles. The van der Waals surface area contributed by atoms with E-state index in [1.807, 2.05) is 6.07 Å². The number of carbonyl (C=O) groups is 2. The van der Waals surface area contributed by atoms with Crippen LogP contribution in [0.1, 0.15) is 39.7 Å². The molecule has 154 valence electrons. The fraction of sp³-hybridized carbons (Fsp3) is 0.364. The number of fused-ring (bicyclic) bond motifs is 1. The number of methoxy groups -OCH3 is 3. The Labute approximate surface area is 174 Å². The second-order valence-electron chi connectivity index (χ2n) is 6.98. The van der Waals surface area contributed by atoms with Crippen LogP contribution in [0.15, 0.2) is 24.3 Å². The average molecular weight is 416 g/mol. The van der Waals surface area contributed by atoms with Crippen LogP contribution in [0.4, 0.5) is 5.00 Å². The van der Waals surface area contributed by atoms with Gasteiger partial charge in [-0.1, -0.05) is 6.92 Å². The molecule has 7 heteroatoms. The number of hydrogen-bond donors (Lipinski definition) is 1. The fourth-order valence-electron chi connectivity index (χ4n) is 3.43. The molecule has 0 bridgehead atoms. The third-order valence-electron chi connectivity index (χ3n) is 4.99. The van der Waals surface area contributed by atoms with Gasteiger partial charge in [0, 0.05) is 22.6 Å². The lowest BCUT2D eigenvalue weighted by molar-refractivity contribution is -0.111. The Kier molecular flexibility index (Phi) is 6.59. The van der Waals surface area contributed by atoms with Crippen LogP contribution in [0.25, 0.3) is 6.08 Å². The van der Waals surface area contributed by atoms with Gasteiger partial charge in [-0.3, -0.25) is 4.79 Å². The van der Waals surface area contributed by atoms with E-state index in [0.29, 0.717) is 28.0 Å². The van der Waals surface area contributed by atoms with Gasteiger partial charge in [0.1, 0.15) is 16.5 Å². The van der Waals surface area contributed by atoms with E-state index in [0.717, 1.165) is 35.3 Å². The van der Waals surface area contributed by atoms with E-state index in [1.54, 1.807) is 32.4 Å². The summed E-state index contributed by atoms with van der Waals surface area (Å²) in [6.45, 7) is 2.20. The maximum Gasteiger partial charge on any atom is 0.341 e. The van der Waals surface area contributed by atoms with Crippen LogP contribution in [0.2, 0.25) is 0 Å². The SMILES string of the molecule is COC(=O)c1c(NC(=O)/C=C/c2ccc(OC)cc2OC)sc2c1CCC(C)C2. The van der Waals surface area contributed by atoms with Gasteiger partial charge in [0.15, 0.2) is 0 Å². The Bertz CT molecular complexity index is 947. The highest BCUT2D eigenvalue weighted by molar-refractivity contribution is 7.17. The summed E-state index contributed by atoms with van der Waals surface area (Å²) in [7, 11) is 4.50. The number of benzene rings is 1. The van der Waals surface area contributed by atoms with E-state index in [4.69, 9.17) is 14.2 Å². The van der Waals surface area contributed by atoms with Crippen LogP contribution >= 0.6 is 11.3 Å². The number of thiophene rings is 1. The van der Waals surface area contributed by atoms with Crippen LogP contribution in [0.5, 0.6) is 11.5 Å². The molecule has 3 rings (SSSR count). The van der Waals surface area contributed by atoms with Gasteiger partial charge < -0.3 is 19.5 Å². The summed E-state index contributed by atoms with van der Waals surface area (Å²) in [5.41, 5.74) is 2.25. The van der Waals surface area contributed by atoms with Crippen molar-refractivity contribution in [1.82, 2.24) is 0 Å². The van der Waals surface area contributed by atoms with Crippen molar-refractivity contribution in [3.8, 4) is 11.5 Å². The normalized spacial score (nSPS) is 15.7. The highest BCUT2D eigenvalue weighted by Gasteiger charge is 2.28. The number of anilines is 1. The first kappa shape index (κ1) is 20.9. The molecule has 1 aliphatic carbocycles. The topological polar surface area (TPSA) is 73.9 Å². The van der Waals surface area contributed by atoms with E-state index in [9.17, 15) is 9.59 Å². The molecule has 0 aliphatic heterocycles. The van der Waals surface area contributed by atoms with Crippen molar-refractivity contribution in [3.63, 3.8) is 0 Å². The first-order chi connectivity index (χ1) is 14.0. The van der Waals surface area contributed by atoms with Gasteiger partial charge in [0.2, 0.25) is 5.91 Å². The number of amides is 1. The molecule has 1 aromatic carbocycles. The lowest BCUT2D eigenvalue weighted by Gasteiger charge is -2.18. The summed E-state index contributed by atoms with van der Waals surface area (Å²) in [6, 6.07) is 5.36. The predicted molar refractivity (Wildman–Crippen MR) is 114 cm³/mol. The second-order valence-corrected chi connectivity index (χ2v) is 8.08. The molecule has 0 radical (unpaired) electrons. The molecule has 0 saturated heterocycles. The molecule has 0 spiro atoms. The zero-order valence-corrected chi connectivity index (χ0v) is 17.9. The molecular weight excluding hydrogens is 390 g/mol. The smallest absolute Gasteiger partial charge is 0.341 e. The second kappa shape index (κ2) is 9.13. The first-order valence-corrected chi connectivity index (χ1v) is 10.2. The van der Waals surface area contributed by atoms with Gasteiger partial charge in [-0.05, 0) is 49.0 Å². The zero-order valence-electron chi connectivity index (χ0n) is 17.0. The summed E-state index contributed by atoms with van der Waals surface area (Å²) in [6.07, 6.45) is 5.86. The molecule has 1 unspecified atom stereocenters. The molecule has 0 fully saturated rings. The van der Waals surface area contributed by atoms with Gasteiger partial charge in [0.25, 0.3) is 0 Å². The number of carbonyl (C=O) groups excluding carboxylic acids is 2. The predicted octanol–water partition coefficient (Wildman–Crippen LogP) is 4.33. The molecule has 1 aromatic heterocycles. The van der Waals surface area contributed by atoms with Crippen molar-refractivity contribution >= 4 is 34.3 Å². The van der Waals surface area contributed by atoms with E-state index in [2.05, 4.69) is 12.2 Å². The Hall–Kier alpha value is -2.80. The summed E-state index contributed by atoms with van der Waals surface area (Å²) in [5, 5.41) is 3.40. The van der Waals surface area contributed by atoms with E-state index >= 15 is 0 Å². The lowest BCUT2D eigenvalue weighted by Crippen LogP contribution is -2.14. The minimum absolute atomic E-state index is 0.320. The van der Waals surface area contributed by atoms with Crippen molar-refractivity contribution < 1.29 is 23.8 Å². The van der Waals surface area contributed by atoms with E-state index in [-0.39, 0.29) is 5.91 Å². The number of rotatable bonds is 6. The number of hydrogen-bond acceptors (Lipinski definition) is 6. The molecule has 29 heavy (non-hydrogen) atoms. The summed E-state index contributed by atoms with van der Waals surface area (Å²) in [4.78, 5) is 26.0. The Morgan fingerprint density at radius 3 is 2.69 bits per heavy atom. The molecule has 6 nitrogen and oxygen atoms in total. The number of ether oxygens (including phenoxy) is 3. The van der Waals surface area contributed by atoms with Gasteiger partial charge in [-0.15, -0.1) is 11.3 Å². The number of esters is 1. The maximum absolute atomic E-state index is 12.5. The molecule has 1 aliphatic rings. The molecule has 2 aromatic rings. The van der Waals surface area contributed by atoms with Crippen molar-refractivity contribution in [1.29, 1.82) is 0 Å². The first-order valence-electron chi connectivity index (χ1n) is 9.40. The summed E-state index contributed by atoms with van der Waals surface area (Å²) < 4.78 is 15.5. The molecule has 1 amide bonds. The van der Waals surface area contributed by atoms with Gasteiger partial charge in [0.05, 0.1) is 26.9 Å². The van der Waals surface area contributed by atoms with Crippen LogP contribution in [0.3, 0.4) is 0 Å². The Balaban J connectivity index is 1.82. The van der Waals surface area contributed by atoms with Crippen LogP contribution in [-0.2, 0) is 22.4 Å². The summed E-state index contributed by atoms with van der Waals surface area (Å²) in [5.74, 6) is 1.11. The van der Waals surface area contributed by atoms with Crippen molar-refractivity contribution in [2.75, 3.05) is 26.6 Å². The fourth-order valence-corrected chi connectivity index (χ4v) is 4.83. The third kappa shape index (κ3) is 4.62. The highest BCUT2D eigenvalue weighted by Crippen LogP contribution is 2.40. The minimum atomic E-state index is -0.409. The minimum Gasteiger partial charge on any atom is -0.497 e. The van der Waals surface area contributed by atoms with E-state index < -0.39 is 5.97 Å². The zero-order chi connectivity index (χ0) is 21.0. The highest BCUT2D eigenvalue weighted by atomic mass is 32.1. The van der Waals surface area contributed by atoms with Gasteiger partial charge >= 0.3 is 5.97 Å². The maximum atomic E-state index is 12.5. The third-order valence-corrected chi connectivity index (χ3v) is 6.16. The van der Waals surface area contributed by atoms with Crippen LogP contribution < -0.4 is 14.8 Å². The summed E-state index contributed by atoms with van der Waals surface area (Å²) >= 11 is 1.46. The molecule has 1 atom stereocenters. The van der Waals surface area contributed by atoms with Gasteiger partial charge in [-0.25, -0.2) is 4.79 Å². The monoisotopic (exact) mass is 415 g/mol. The van der Waals surface area contributed by atoms with Crippen LogP contribution in [0, 0.1) is 5.92 Å². The largest absolute Gasteiger partial charge is 0.497 e. The Morgan fingerprint density at radius 1 is 1.21 bits per heavy atom. The molecular formula is C22H25NO5S. The Morgan fingerprint density at radius 2 is 2.00 bits per heavy atom. The average Bonchev–Trinajstić information content (AvgIpc) is 3.08. The standard InChI is InChI=1S/C22H25NO5S/c1-13-5-9-16-18(11-13)29-21(20(16)22(25)28-4)23-19(24)10-7-14-6-8-15(26-2)12-17(14)27-3/h6-8,10,12-13H,5,9,11H2,1-4H3,(H,23,24)/b10-7+. The van der Waals surface area contributed by atoms with Crippen molar-refractivity contribution in [2.45, 2.75) is 26.2 Å². The molecule has 1 heterocycles. The van der Waals surface area contributed by atoms with E-state index in [1.165, 1.54) is 24.5 Å². The van der Waals surface area contributed by atoms with Crippen LogP contribution in [-0.4, -0.2) is 33.2 Å². The van der Waals surface area contributed by atoms with Crippen molar-refractivity contribution in [2.24, 2.45) is 5.92 Å². The quantitative estimate of drug-likeness (QED) is 0.562.